The van der Waals surface area contributed by atoms with Gasteiger partial charge in [-0.25, -0.2) is 4.98 Å². The van der Waals surface area contributed by atoms with E-state index in [2.05, 4.69) is 37.7 Å². The van der Waals surface area contributed by atoms with Crippen molar-refractivity contribution in [3.8, 4) is 0 Å². The second-order valence-electron chi connectivity index (χ2n) is 6.62. The molecule has 1 aromatic rings. The van der Waals surface area contributed by atoms with Crippen molar-refractivity contribution in [1.29, 1.82) is 0 Å². The number of aryl methyl sites for hydroxylation is 1. The molecular weight excluding hydrogens is 266 g/mol. The lowest BCUT2D eigenvalue weighted by Crippen LogP contribution is -2.59. The van der Waals surface area contributed by atoms with Gasteiger partial charge in [-0.1, -0.05) is 26.7 Å². The molecule has 1 saturated carbocycles. The summed E-state index contributed by atoms with van der Waals surface area (Å²) in [7, 11) is 2.26. The third-order valence-electron chi connectivity index (χ3n) is 5.21. The zero-order valence-corrected chi connectivity index (χ0v) is 14.2. The van der Waals surface area contributed by atoms with Crippen molar-refractivity contribution in [1.82, 2.24) is 9.88 Å². The van der Waals surface area contributed by atoms with E-state index in [1.165, 1.54) is 36.3 Å². The first-order chi connectivity index (χ1) is 9.51. The molecule has 1 heterocycles. The van der Waals surface area contributed by atoms with E-state index in [9.17, 15) is 0 Å². The van der Waals surface area contributed by atoms with Crippen LogP contribution >= 0.6 is 11.3 Å². The van der Waals surface area contributed by atoms with Crippen LogP contribution in [-0.4, -0.2) is 29.0 Å². The lowest BCUT2D eigenvalue weighted by molar-refractivity contribution is -0.00138. The fraction of sp³-hybridized carbons (Fsp3) is 0.812. The first-order valence-electron chi connectivity index (χ1n) is 7.81. The molecule has 3 nitrogen and oxygen atoms in total. The minimum absolute atomic E-state index is 0.169. The molecule has 0 radical (unpaired) electrons. The molecule has 1 fully saturated rings. The van der Waals surface area contributed by atoms with Crippen molar-refractivity contribution < 1.29 is 0 Å². The third-order valence-corrected chi connectivity index (χ3v) is 6.13. The molecule has 0 bridgehead atoms. The van der Waals surface area contributed by atoms with Gasteiger partial charge >= 0.3 is 0 Å². The Balaban J connectivity index is 2.21. The zero-order valence-electron chi connectivity index (χ0n) is 13.4. The number of hydrogen-bond acceptors (Lipinski definition) is 4. The number of nitrogens with two attached hydrogens (primary N) is 1. The summed E-state index contributed by atoms with van der Waals surface area (Å²) >= 11 is 1.77. The van der Waals surface area contributed by atoms with Crippen molar-refractivity contribution in [2.75, 3.05) is 13.6 Å². The molecule has 2 unspecified atom stereocenters. The van der Waals surface area contributed by atoms with Crippen LogP contribution in [0.3, 0.4) is 0 Å². The molecule has 1 aliphatic carbocycles. The minimum Gasteiger partial charge on any atom is -0.329 e. The van der Waals surface area contributed by atoms with Gasteiger partial charge in [-0.3, -0.25) is 4.90 Å². The maximum atomic E-state index is 6.28. The highest BCUT2D eigenvalue weighted by Crippen LogP contribution is 2.42. The second kappa shape index (κ2) is 6.54. The van der Waals surface area contributed by atoms with E-state index < -0.39 is 0 Å². The molecular formula is C16H29N3S. The smallest absolute Gasteiger partial charge is 0.0798 e. The van der Waals surface area contributed by atoms with Crippen molar-refractivity contribution in [3.63, 3.8) is 0 Å². The van der Waals surface area contributed by atoms with Crippen LogP contribution in [0.25, 0.3) is 0 Å². The molecule has 2 rings (SSSR count). The van der Waals surface area contributed by atoms with Crippen LogP contribution in [0.4, 0.5) is 0 Å². The van der Waals surface area contributed by atoms with Gasteiger partial charge in [0.1, 0.15) is 0 Å². The summed E-state index contributed by atoms with van der Waals surface area (Å²) in [5.41, 5.74) is 9.57. The SMILES string of the molecule is Cc1ncsc1CN(C)C1(CN)CCCCC1C(C)C. The number of nitrogens with zero attached hydrogens (tertiary/aromatic N) is 2. The van der Waals surface area contributed by atoms with Crippen molar-refractivity contribution in [3.05, 3.63) is 16.1 Å². The molecule has 0 aliphatic heterocycles. The van der Waals surface area contributed by atoms with Gasteiger partial charge in [0.15, 0.2) is 0 Å². The Labute approximate surface area is 127 Å². The zero-order chi connectivity index (χ0) is 14.8. The Kier molecular flexibility index (Phi) is 5.21. The van der Waals surface area contributed by atoms with Crippen molar-refractivity contribution in [2.24, 2.45) is 17.6 Å². The van der Waals surface area contributed by atoms with E-state index in [0.29, 0.717) is 11.8 Å². The molecule has 0 spiro atoms. The van der Waals surface area contributed by atoms with Gasteiger partial charge in [-0.15, -0.1) is 11.3 Å². The number of rotatable bonds is 5. The van der Waals surface area contributed by atoms with Gasteiger partial charge in [0.25, 0.3) is 0 Å². The third kappa shape index (κ3) is 2.92. The predicted molar refractivity (Wildman–Crippen MR) is 86.9 cm³/mol. The molecule has 0 amide bonds. The van der Waals surface area contributed by atoms with Crippen molar-refractivity contribution in [2.45, 2.75) is 58.5 Å². The van der Waals surface area contributed by atoms with Crippen LogP contribution in [0.1, 0.15) is 50.1 Å². The van der Waals surface area contributed by atoms with Gasteiger partial charge in [-0.05, 0) is 38.6 Å². The monoisotopic (exact) mass is 295 g/mol. The maximum Gasteiger partial charge on any atom is 0.0798 e. The van der Waals surface area contributed by atoms with Crippen LogP contribution in [0.5, 0.6) is 0 Å². The number of likely N-dealkylation sites (N-methyl/N-ethyl adjacent to an activating group) is 1. The summed E-state index contributed by atoms with van der Waals surface area (Å²) in [5.74, 6) is 1.41. The van der Waals surface area contributed by atoms with E-state index in [4.69, 9.17) is 5.73 Å². The molecule has 1 aromatic heterocycles. The quantitative estimate of drug-likeness (QED) is 0.905. The summed E-state index contributed by atoms with van der Waals surface area (Å²) in [5, 5.41) is 0. The fourth-order valence-electron chi connectivity index (χ4n) is 3.94. The van der Waals surface area contributed by atoms with Crippen LogP contribution < -0.4 is 5.73 Å². The Morgan fingerprint density at radius 1 is 1.50 bits per heavy atom. The van der Waals surface area contributed by atoms with Crippen LogP contribution in [0.15, 0.2) is 5.51 Å². The Morgan fingerprint density at radius 3 is 2.80 bits per heavy atom. The molecule has 4 heteroatoms. The summed E-state index contributed by atoms with van der Waals surface area (Å²) < 4.78 is 0. The van der Waals surface area contributed by atoms with Crippen LogP contribution in [0.2, 0.25) is 0 Å². The van der Waals surface area contributed by atoms with E-state index in [1.807, 2.05) is 5.51 Å². The first kappa shape index (κ1) is 15.9. The van der Waals surface area contributed by atoms with E-state index in [-0.39, 0.29) is 5.54 Å². The molecule has 1 aliphatic rings. The number of hydrogen-bond donors (Lipinski definition) is 1. The lowest BCUT2D eigenvalue weighted by Gasteiger charge is -2.51. The summed E-state index contributed by atoms with van der Waals surface area (Å²) in [6, 6.07) is 0. The maximum absolute atomic E-state index is 6.28. The fourth-order valence-corrected chi connectivity index (χ4v) is 4.77. The summed E-state index contributed by atoms with van der Waals surface area (Å²) in [6.45, 7) is 8.56. The Bertz CT molecular complexity index is 429. The highest BCUT2D eigenvalue weighted by molar-refractivity contribution is 7.09. The molecule has 0 saturated heterocycles. The summed E-state index contributed by atoms with van der Waals surface area (Å²) in [6.07, 6.45) is 5.23. The topological polar surface area (TPSA) is 42.2 Å². The summed E-state index contributed by atoms with van der Waals surface area (Å²) in [4.78, 5) is 8.29. The average molecular weight is 295 g/mol. The van der Waals surface area contributed by atoms with E-state index in [1.54, 1.807) is 11.3 Å². The van der Waals surface area contributed by atoms with E-state index in [0.717, 1.165) is 13.1 Å². The lowest BCUT2D eigenvalue weighted by atomic mass is 9.67. The Morgan fingerprint density at radius 2 is 2.25 bits per heavy atom. The first-order valence-corrected chi connectivity index (χ1v) is 8.69. The standard InChI is InChI=1S/C16H29N3S/c1-12(2)14-7-5-6-8-16(14,10-17)19(4)9-15-13(3)18-11-20-15/h11-12,14H,5-10,17H2,1-4H3. The molecule has 0 aromatic carbocycles. The minimum atomic E-state index is 0.169. The molecule has 20 heavy (non-hydrogen) atoms. The highest BCUT2D eigenvalue weighted by Gasteiger charge is 2.44. The van der Waals surface area contributed by atoms with Crippen molar-refractivity contribution >= 4 is 11.3 Å². The van der Waals surface area contributed by atoms with Gasteiger partial charge in [0.2, 0.25) is 0 Å². The normalized spacial score (nSPS) is 27.4. The second-order valence-corrected chi connectivity index (χ2v) is 7.56. The molecule has 2 atom stereocenters. The highest BCUT2D eigenvalue weighted by atomic mass is 32.1. The van der Waals surface area contributed by atoms with Gasteiger partial charge < -0.3 is 5.73 Å². The number of thiazole rings is 1. The van der Waals surface area contributed by atoms with Gasteiger partial charge in [0.05, 0.1) is 11.2 Å². The predicted octanol–water partition coefficient (Wildman–Crippen LogP) is 3.43. The van der Waals surface area contributed by atoms with E-state index >= 15 is 0 Å². The number of aromatic nitrogens is 1. The average Bonchev–Trinajstić information content (AvgIpc) is 2.83. The molecule has 2 N–H and O–H groups in total. The molecule has 114 valence electrons. The van der Waals surface area contributed by atoms with Crippen LogP contribution in [-0.2, 0) is 6.54 Å². The van der Waals surface area contributed by atoms with Gasteiger partial charge in [0, 0.05) is 23.5 Å². The van der Waals surface area contributed by atoms with Gasteiger partial charge in [-0.2, -0.15) is 0 Å². The largest absolute Gasteiger partial charge is 0.329 e. The van der Waals surface area contributed by atoms with Crippen LogP contribution in [0, 0.1) is 18.8 Å². The Hall–Kier alpha value is -0.450.